The zero-order valence-electron chi connectivity index (χ0n) is 18.2. The minimum atomic E-state index is 0.360. The van der Waals surface area contributed by atoms with Crippen molar-refractivity contribution in [1.82, 2.24) is 0 Å². The van der Waals surface area contributed by atoms with Gasteiger partial charge in [-0.15, -0.1) is 0 Å². The smallest absolute Gasteiger partial charge is 0.163 e. The molecule has 3 aromatic carbocycles. The lowest BCUT2D eigenvalue weighted by atomic mass is 10.1. The standard InChI is InChI=1S/C25H25Cl3N2O3/c1-31-24-12-18(21(27)14-25(24)33-16-17-3-2-4-19(26)11-17)15-29-20-5-6-23(22(28)13-20)30-7-9-32-10-8-30/h2-6,11-14,29H,7-10,15-16H2,1H3. The first-order chi connectivity index (χ1) is 16.0. The van der Waals surface area contributed by atoms with Crippen molar-refractivity contribution in [2.24, 2.45) is 0 Å². The lowest BCUT2D eigenvalue weighted by Crippen LogP contribution is -2.36. The van der Waals surface area contributed by atoms with Crippen molar-refractivity contribution in [3.63, 3.8) is 0 Å². The SMILES string of the molecule is COc1cc(CNc2ccc(N3CCOCC3)c(Cl)c2)c(Cl)cc1OCc1cccc(Cl)c1. The molecule has 0 amide bonds. The quantitative estimate of drug-likeness (QED) is 0.368. The van der Waals surface area contributed by atoms with Crippen molar-refractivity contribution in [3.8, 4) is 11.5 Å². The molecule has 8 heteroatoms. The summed E-state index contributed by atoms with van der Waals surface area (Å²) in [6.45, 7) is 3.99. The highest BCUT2D eigenvalue weighted by Crippen LogP contribution is 2.35. The van der Waals surface area contributed by atoms with Crippen LogP contribution in [0.25, 0.3) is 0 Å². The fourth-order valence-electron chi connectivity index (χ4n) is 3.65. The second-order valence-electron chi connectivity index (χ2n) is 7.63. The van der Waals surface area contributed by atoms with Crippen molar-refractivity contribution < 1.29 is 14.2 Å². The number of nitrogens with one attached hydrogen (secondary N) is 1. The van der Waals surface area contributed by atoms with Gasteiger partial charge in [0.1, 0.15) is 6.61 Å². The summed E-state index contributed by atoms with van der Waals surface area (Å²) in [4.78, 5) is 2.24. The maximum Gasteiger partial charge on any atom is 0.163 e. The first-order valence-corrected chi connectivity index (χ1v) is 11.8. The van der Waals surface area contributed by atoms with Crippen LogP contribution in [0.15, 0.2) is 54.6 Å². The third kappa shape index (κ3) is 6.18. The molecule has 0 spiro atoms. The molecule has 5 nitrogen and oxygen atoms in total. The Kier molecular flexibility index (Phi) is 8.10. The largest absolute Gasteiger partial charge is 0.493 e. The second kappa shape index (κ2) is 11.2. The number of hydrogen-bond acceptors (Lipinski definition) is 5. The molecule has 0 unspecified atom stereocenters. The van der Waals surface area contributed by atoms with Crippen molar-refractivity contribution >= 4 is 46.2 Å². The van der Waals surface area contributed by atoms with E-state index in [1.165, 1.54) is 0 Å². The zero-order valence-corrected chi connectivity index (χ0v) is 20.5. The highest BCUT2D eigenvalue weighted by Gasteiger charge is 2.15. The highest BCUT2D eigenvalue weighted by atomic mass is 35.5. The molecule has 0 aromatic heterocycles. The molecule has 0 radical (unpaired) electrons. The van der Waals surface area contributed by atoms with E-state index in [4.69, 9.17) is 49.0 Å². The summed E-state index contributed by atoms with van der Waals surface area (Å²) in [6, 6.07) is 17.2. The highest BCUT2D eigenvalue weighted by molar-refractivity contribution is 6.33. The van der Waals surface area contributed by atoms with Gasteiger partial charge in [0, 0.05) is 41.4 Å². The minimum absolute atomic E-state index is 0.360. The summed E-state index contributed by atoms with van der Waals surface area (Å²) in [6.07, 6.45) is 0. The average molecular weight is 508 g/mol. The van der Waals surface area contributed by atoms with Crippen LogP contribution in [0.5, 0.6) is 11.5 Å². The Morgan fingerprint density at radius 2 is 1.76 bits per heavy atom. The summed E-state index contributed by atoms with van der Waals surface area (Å²) in [5.41, 5.74) is 3.78. The summed E-state index contributed by atoms with van der Waals surface area (Å²) >= 11 is 19.1. The van der Waals surface area contributed by atoms with Crippen LogP contribution >= 0.6 is 34.8 Å². The van der Waals surface area contributed by atoms with Gasteiger partial charge in [0.2, 0.25) is 0 Å². The molecule has 0 atom stereocenters. The molecular formula is C25H25Cl3N2O3. The van der Waals surface area contributed by atoms with Gasteiger partial charge in [-0.25, -0.2) is 0 Å². The van der Waals surface area contributed by atoms with E-state index in [-0.39, 0.29) is 0 Å². The molecule has 1 N–H and O–H groups in total. The molecule has 1 saturated heterocycles. The number of anilines is 2. The molecule has 1 aliphatic rings. The molecular weight excluding hydrogens is 483 g/mol. The number of hydrogen-bond donors (Lipinski definition) is 1. The van der Waals surface area contributed by atoms with Crippen molar-refractivity contribution in [3.05, 3.63) is 80.8 Å². The Hall–Kier alpha value is -2.31. The van der Waals surface area contributed by atoms with Crippen molar-refractivity contribution in [2.45, 2.75) is 13.2 Å². The van der Waals surface area contributed by atoms with Crippen LogP contribution in [-0.4, -0.2) is 33.4 Å². The van der Waals surface area contributed by atoms with Gasteiger partial charge >= 0.3 is 0 Å². The molecule has 33 heavy (non-hydrogen) atoms. The van der Waals surface area contributed by atoms with Gasteiger partial charge in [-0.05, 0) is 47.5 Å². The van der Waals surface area contributed by atoms with E-state index in [1.807, 2.05) is 48.5 Å². The lowest BCUT2D eigenvalue weighted by Gasteiger charge is -2.29. The van der Waals surface area contributed by atoms with E-state index in [0.29, 0.717) is 39.7 Å². The van der Waals surface area contributed by atoms with Crippen LogP contribution in [-0.2, 0) is 17.9 Å². The molecule has 0 bridgehead atoms. The van der Waals surface area contributed by atoms with E-state index >= 15 is 0 Å². The molecule has 0 saturated carbocycles. The van der Waals surface area contributed by atoms with Crippen LogP contribution in [0, 0.1) is 0 Å². The third-order valence-corrected chi connectivity index (χ3v) is 6.29. The Balaban J connectivity index is 1.42. The van der Waals surface area contributed by atoms with Gasteiger partial charge in [-0.3, -0.25) is 0 Å². The van der Waals surface area contributed by atoms with Crippen LogP contribution in [0.1, 0.15) is 11.1 Å². The summed E-state index contributed by atoms with van der Waals surface area (Å²) in [5.74, 6) is 1.18. The number of methoxy groups -OCH3 is 1. The van der Waals surface area contributed by atoms with Gasteiger partial charge < -0.3 is 24.4 Å². The average Bonchev–Trinajstić information content (AvgIpc) is 2.82. The Bertz CT molecular complexity index is 1100. The van der Waals surface area contributed by atoms with Crippen molar-refractivity contribution in [2.75, 3.05) is 43.6 Å². The summed E-state index contributed by atoms with van der Waals surface area (Å²) in [7, 11) is 1.61. The maximum atomic E-state index is 6.55. The Morgan fingerprint density at radius 1 is 0.939 bits per heavy atom. The molecule has 0 aliphatic carbocycles. The number of benzene rings is 3. The fraction of sp³-hybridized carbons (Fsp3) is 0.280. The number of nitrogens with zero attached hydrogens (tertiary/aromatic N) is 1. The third-order valence-electron chi connectivity index (χ3n) is 5.40. The van der Waals surface area contributed by atoms with Gasteiger partial charge in [-0.2, -0.15) is 0 Å². The van der Waals surface area contributed by atoms with Gasteiger partial charge in [0.15, 0.2) is 11.5 Å². The first-order valence-electron chi connectivity index (χ1n) is 10.6. The number of ether oxygens (including phenoxy) is 3. The Morgan fingerprint density at radius 3 is 2.48 bits per heavy atom. The van der Waals surface area contributed by atoms with E-state index in [0.717, 1.165) is 48.8 Å². The second-order valence-corrected chi connectivity index (χ2v) is 8.88. The molecule has 1 aliphatic heterocycles. The summed E-state index contributed by atoms with van der Waals surface area (Å²) in [5, 5.41) is 5.34. The van der Waals surface area contributed by atoms with E-state index in [9.17, 15) is 0 Å². The summed E-state index contributed by atoms with van der Waals surface area (Å²) < 4.78 is 16.9. The minimum Gasteiger partial charge on any atom is -0.493 e. The van der Waals surface area contributed by atoms with Crippen LogP contribution in [0.2, 0.25) is 15.1 Å². The van der Waals surface area contributed by atoms with Crippen LogP contribution in [0.3, 0.4) is 0 Å². The number of rotatable bonds is 8. The van der Waals surface area contributed by atoms with E-state index < -0.39 is 0 Å². The maximum absolute atomic E-state index is 6.55. The van der Waals surface area contributed by atoms with Crippen molar-refractivity contribution in [1.29, 1.82) is 0 Å². The van der Waals surface area contributed by atoms with Crippen LogP contribution in [0.4, 0.5) is 11.4 Å². The number of halogens is 3. The molecule has 1 fully saturated rings. The lowest BCUT2D eigenvalue weighted by molar-refractivity contribution is 0.122. The zero-order chi connectivity index (χ0) is 23.2. The molecule has 174 valence electrons. The van der Waals surface area contributed by atoms with E-state index in [1.54, 1.807) is 13.2 Å². The van der Waals surface area contributed by atoms with E-state index in [2.05, 4.69) is 10.2 Å². The van der Waals surface area contributed by atoms with Gasteiger partial charge in [0.05, 0.1) is 31.0 Å². The number of morpholine rings is 1. The van der Waals surface area contributed by atoms with Gasteiger partial charge in [-0.1, -0.05) is 46.9 Å². The fourth-order valence-corrected chi connectivity index (χ4v) is 4.38. The molecule has 1 heterocycles. The topological polar surface area (TPSA) is 43.0 Å². The van der Waals surface area contributed by atoms with Crippen LogP contribution < -0.4 is 19.7 Å². The monoisotopic (exact) mass is 506 g/mol. The first kappa shape index (κ1) is 23.8. The molecule has 4 rings (SSSR count). The predicted molar refractivity (Wildman–Crippen MR) is 136 cm³/mol. The predicted octanol–water partition coefficient (Wildman–Crippen LogP) is 6.68. The Labute approximate surface area is 209 Å². The van der Waals surface area contributed by atoms with Gasteiger partial charge in [0.25, 0.3) is 0 Å². The normalized spacial score (nSPS) is 13.6. The molecule has 3 aromatic rings.